The van der Waals surface area contributed by atoms with E-state index in [4.69, 9.17) is 9.73 Å². The van der Waals surface area contributed by atoms with Crippen molar-refractivity contribution in [2.75, 3.05) is 53.0 Å². The van der Waals surface area contributed by atoms with E-state index in [-0.39, 0.29) is 24.0 Å². The van der Waals surface area contributed by atoms with Gasteiger partial charge in [0.1, 0.15) is 0 Å². The van der Waals surface area contributed by atoms with Crippen molar-refractivity contribution in [3.63, 3.8) is 0 Å². The number of nitrogens with one attached hydrogen (secondary N) is 2. The maximum atomic E-state index is 5.59. The van der Waals surface area contributed by atoms with Gasteiger partial charge in [0.2, 0.25) is 0 Å². The molecule has 0 aromatic carbocycles. The molecule has 1 aliphatic carbocycles. The second-order valence-electron chi connectivity index (χ2n) is 6.67. The van der Waals surface area contributed by atoms with Crippen LogP contribution in [0.1, 0.15) is 52.9 Å². The molecule has 0 aliphatic heterocycles. The van der Waals surface area contributed by atoms with Crippen LogP contribution in [0.25, 0.3) is 0 Å². The third-order valence-corrected chi connectivity index (χ3v) is 4.89. The number of nitrogens with zero attached hydrogens (tertiary/aromatic N) is 2. The van der Waals surface area contributed by atoms with Crippen molar-refractivity contribution in [2.45, 2.75) is 52.9 Å². The first-order valence-corrected chi connectivity index (χ1v) is 9.44. The summed E-state index contributed by atoms with van der Waals surface area (Å²) in [5, 5.41) is 6.83. The Hall–Kier alpha value is -0.0800. The highest BCUT2D eigenvalue weighted by molar-refractivity contribution is 14.0. The minimum absolute atomic E-state index is 0. The highest BCUT2D eigenvalue weighted by Crippen LogP contribution is 2.41. The number of hydrogen-bond acceptors (Lipinski definition) is 3. The summed E-state index contributed by atoms with van der Waals surface area (Å²) in [7, 11) is 2.15. The fourth-order valence-electron chi connectivity index (χ4n) is 3.16. The number of rotatable bonds is 11. The molecule has 1 aliphatic rings. The van der Waals surface area contributed by atoms with E-state index in [1.54, 1.807) is 0 Å². The molecule has 1 rings (SSSR count). The lowest BCUT2D eigenvalue weighted by Gasteiger charge is -2.27. The van der Waals surface area contributed by atoms with Gasteiger partial charge in [-0.25, -0.2) is 0 Å². The Morgan fingerprint density at radius 2 is 1.88 bits per heavy atom. The minimum atomic E-state index is 0. The predicted octanol–water partition coefficient (Wildman–Crippen LogP) is 3.10. The molecule has 6 heteroatoms. The van der Waals surface area contributed by atoms with Crippen LogP contribution in [0.15, 0.2) is 4.99 Å². The Labute approximate surface area is 166 Å². The van der Waals surface area contributed by atoms with Gasteiger partial charge in [-0.2, -0.15) is 0 Å². The van der Waals surface area contributed by atoms with E-state index in [0.717, 1.165) is 58.3 Å². The molecule has 0 atom stereocenters. The SMILES string of the molecule is CCNC(=NCC1(CCOCC)CCCC1)NCCN(C)CC.I. The van der Waals surface area contributed by atoms with E-state index >= 15 is 0 Å². The summed E-state index contributed by atoms with van der Waals surface area (Å²) in [6, 6.07) is 0. The standard InChI is InChI=1S/C18H38N4O.HI/c1-5-19-17(20-13-14-22(4)6-2)21-16-18(10-8-9-11-18)12-15-23-7-3;/h5-16H2,1-4H3,(H2,19,20,21);1H. The Morgan fingerprint density at radius 3 is 2.46 bits per heavy atom. The lowest BCUT2D eigenvalue weighted by Crippen LogP contribution is -2.41. The molecule has 0 bridgehead atoms. The van der Waals surface area contributed by atoms with E-state index < -0.39 is 0 Å². The fourth-order valence-corrected chi connectivity index (χ4v) is 3.16. The molecular weight excluding hydrogens is 415 g/mol. The highest BCUT2D eigenvalue weighted by atomic mass is 127. The van der Waals surface area contributed by atoms with Crippen LogP contribution in [0.3, 0.4) is 0 Å². The summed E-state index contributed by atoms with van der Waals surface area (Å²) < 4.78 is 5.59. The smallest absolute Gasteiger partial charge is 0.191 e. The molecule has 1 saturated carbocycles. The van der Waals surface area contributed by atoms with Gasteiger partial charge in [0, 0.05) is 39.4 Å². The predicted molar refractivity (Wildman–Crippen MR) is 115 cm³/mol. The normalized spacial score (nSPS) is 17.0. The topological polar surface area (TPSA) is 48.9 Å². The Balaban J connectivity index is 0.00000529. The first-order valence-electron chi connectivity index (χ1n) is 9.44. The van der Waals surface area contributed by atoms with Gasteiger partial charge in [0.15, 0.2) is 5.96 Å². The summed E-state index contributed by atoms with van der Waals surface area (Å²) in [5.41, 5.74) is 0.359. The molecule has 0 spiro atoms. The van der Waals surface area contributed by atoms with E-state index in [1.807, 2.05) is 0 Å². The van der Waals surface area contributed by atoms with Crippen molar-refractivity contribution in [1.29, 1.82) is 0 Å². The lowest BCUT2D eigenvalue weighted by atomic mass is 9.83. The van der Waals surface area contributed by atoms with Crippen LogP contribution in [0, 0.1) is 5.41 Å². The van der Waals surface area contributed by atoms with Crippen molar-refractivity contribution >= 4 is 29.9 Å². The molecule has 0 saturated heterocycles. The maximum Gasteiger partial charge on any atom is 0.191 e. The fraction of sp³-hybridized carbons (Fsp3) is 0.944. The molecule has 1 fully saturated rings. The Kier molecular flexibility index (Phi) is 14.1. The Bertz CT molecular complexity index is 333. The zero-order chi connectivity index (χ0) is 17.0. The van der Waals surface area contributed by atoms with Crippen LogP contribution in [-0.2, 0) is 4.74 Å². The lowest BCUT2D eigenvalue weighted by molar-refractivity contribution is 0.107. The molecule has 24 heavy (non-hydrogen) atoms. The van der Waals surface area contributed by atoms with Crippen molar-refractivity contribution in [3.8, 4) is 0 Å². The molecular formula is C18H39IN4O. The summed E-state index contributed by atoms with van der Waals surface area (Å²) in [6.45, 7) is 12.9. The largest absolute Gasteiger partial charge is 0.382 e. The first-order chi connectivity index (χ1) is 11.2. The third kappa shape index (κ3) is 9.42. The van der Waals surface area contributed by atoms with Crippen LogP contribution in [0.5, 0.6) is 0 Å². The van der Waals surface area contributed by atoms with Crippen molar-refractivity contribution in [2.24, 2.45) is 10.4 Å². The number of likely N-dealkylation sites (N-methyl/N-ethyl adjacent to an activating group) is 1. The number of halogens is 1. The van der Waals surface area contributed by atoms with Crippen molar-refractivity contribution in [3.05, 3.63) is 0 Å². The minimum Gasteiger partial charge on any atom is -0.382 e. The van der Waals surface area contributed by atoms with Gasteiger partial charge < -0.3 is 20.3 Å². The van der Waals surface area contributed by atoms with Crippen LogP contribution < -0.4 is 10.6 Å². The van der Waals surface area contributed by atoms with Crippen LogP contribution in [-0.4, -0.2) is 63.8 Å². The van der Waals surface area contributed by atoms with E-state index in [1.165, 1.54) is 25.7 Å². The molecule has 0 aromatic rings. The van der Waals surface area contributed by atoms with Crippen molar-refractivity contribution < 1.29 is 4.74 Å². The van der Waals surface area contributed by atoms with Gasteiger partial charge in [0.05, 0.1) is 0 Å². The van der Waals surface area contributed by atoms with Crippen LogP contribution >= 0.6 is 24.0 Å². The van der Waals surface area contributed by atoms with Gasteiger partial charge in [-0.05, 0) is 52.1 Å². The second kappa shape index (κ2) is 14.1. The number of hydrogen-bond donors (Lipinski definition) is 2. The average Bonchev–Trinajstić information content (AvgIpc) is 3.02. The van der Waals surface area contributed by atoms with Gasteiger partial charge >= 0.3 is 0 Å². The van der Waals surface area contributed by atoms with Crippen LogP contribution in [0.4, 0.5) is 0 Å². The monoisotopic (exact) mass is 454 g/mol. The summed E-state index contributed by atoms with van der Waals surface area (Å²) >= 11 is 0. The summed E-state index contributed by atoms with van der Waals surface area (Å²) in [5.74, 6) is 0.958. The molecule has 0 amide bonds. The Morgan fingerprint density at radius 1 is 1.17 bits per heavy atom. The number of aliphatic imine (C=N–C) groups is 1. The average molecular weight is 454 g/mol. The summed E-state index contributed by atoms with van der Waals surface area (Å²) in [4.78, 5) is 7.19. The van der Waals surface area contributed by atoms with E-state index in [9.17, 15) is 0 Å². The maximum absolute atomic E-state index is 5.59. The third-order valence-electron chi connectivity index (χ3n) is 4.89. The van der Waals surface area contributed by atoms with Gasteiger partial charge in [-0.15, -0.1) is 24.0 Å². The molecule has 0 aromatic heterocycles. The molecule has 2 N–H and O–H groups in total. The van der Waals surface area contributed by atoms with Crippen LogP contribution in [0.2, 0.25) is 0 Å². The number of ether oxygens (including phenoxy) is 1. The van der Waals surface area contributed by atoms with E-state index in [0.29, 0.717) is 5.41 Å². The first kappa shape index (κ1) is 23.9. The quantitative estimate of drug-likeness (QED) is 0.218. The molecule has 0 heterocycles. The zero-order valence-corrected chi connectivity index (χ0v) is 18.5. The molecule has 0 unspecified atom stereocenters. The van der Waals surface area contributed by atoms with Gasteiger partial charge in [-0.3, -0.25) is 4.99 Å². The number of guanidine groups is 1. The highest BCUT2D eigenvalue weighted by Gasteiger charge is 2.33. The van der Waals surface area contributed by atoms with Gasteiger partial charge in [-0.1, -0.05) is 19.8 Å². The van der Waals surface area contributed by atoms with Crippen molar-refractivity contribution in [1.82, 2.24) is 15.5 Å². The summed E-state index contributed by atoms with van der Waals surface area (Å²) in [6.07, 6.45) is 6.41. The second-order valence-corrected chi connectivity index (χ2v) is 6.67. The zero-order valence-electron chi connectivity index (χ0n) is 16.2. The van der Waals surface area contributed by atoms with Gasteiger partial charge in [0.25, 0.3) is 0 Å². The van der Waals surface area contributed by atoms with E-state index in [2.05, 4.69) is 43.4 Å². The molecule has 144 valence electrons. The molecule has 0 radical (unpaired) electrons. The molecule has 5 nitrogen and oxygen atoms in total.